The molecule has 19 heavy (non-hydrogen) atoms. The minimum absolute atomic E-state index is 0.173. The number of hydrogen-bond donors (Lipinski definition) is 1. The fourth-order valence-electron chi connectivity index (χ4n) is 1.93. The van der Waals surface area contributed by atoms with Gasteiger partial charge in [-0.2, -0.15) is 0 Å². The molecule has 0 aromatic heterocycles. The minimum Gasteiger partial charge on any atom is -0.330 e. The van der Waals surface area contributed by atoms with Crippen molar-refractivity contribution in [1.82, 2.24) is 4.90 Å². The highest BCUT2D eigenvalue weighted by atomic mass is 32.2. The lowest BCUT2D eigenvalue weighted by Crippen LogP contribution is -2.31. The van der Waals surface area contributed by atoms with E-state index in [2.05, 4.69) is 0 Å². The fraction of sp³-hybridized carbons (Fsp3) is 0.385. The number of hydrogen-bond acceptors (Lipinski definition) is 4. The SMILES string of the molecule is NCCS[C@H]1CC(=O)N(Cc2ccc(F)cc2)C1=O. The van der Waals surface area contributed by atoms with Gasteiger partial charge in [0, 0.05) is 18.7 Å². The van der Waals surface area contributed by atoms with Crippen molar-refractivity contribution >= 4 is 23.6 Å². The van der Waals surface area contributed by atoms with Crippen LogP contribution in [0, 0.1) is 5.82 Å². The van der Waals surface area contributed by atoms with Gasteiger partial charge in [0.25, 0.3) is 0 Å². The Morgan fingerprint density at radius 3 is 2.63 bits per heavy atom. The molecule has 1 heterocycles. The van der Waals surface area contributed by atoms with Gasteiger partial charge in [0.15, 0.2) is 0 Å². The maximum Gasteiger partial charge on any atom is 0.243 e. The number of thioether (sulfide) groups is 1. The Hall–Kier alpha value is -1.40. The van der Waals surface area contributed by atoms with Gasteiger partial charge >= 0.3 is 0 Å². The fourth-order valence-corrected chi connectivity index (χ4v) is 2.88. The zero-order valence-electron chi connectivity index (χ0n) is 10.3. The predicted molar refractivity (Wildman–Crippen MR) is 71.9 cm³/mol. The van der Waals surface area contributed by atoms with Crippen LogP contribution in [-0.4, -0.2) is 34.3 Å². The number of nitrogens with two attached hydrogens (primary N) is 1. The topological polar surface area (TPSA) is 63.4 Å². The van der Waals surface area contributed by atoms with Crippen LogP contribution in [0.25, 0.3) is 0 Å². The molecule has 2 rings (SSSR count). The Kier molecular flexibility index (Phi) is 4.55. The number of rotatable bonds is 5. The summed E-state index contributed by atoms with van der Waals surface area (Å²) < 4.78 is 12.8. The zero-order valence-corrected chi connectivity index (χ0v) is 11.2. The summed E-state index contributed by atoms with van der Waals surface area (Å²) in [5, 5.41) is -0.323. The third-order valence-electron chi connectivity index (χ3n) is 2.89. The third kappa shape index (κ3) is 3.33. The number of nitrogens with zero attached hydrogens (tertiary/aromatic N) is 1. The van der Waals surface area contributed by atoms with Gasteiger partial charge in [-0.25, -0.2) is 4.39 Å². The van der Waals surface area contributed by atoms with Gasteiger partial charge in [0.1, 0.15) is 5.82 Å². The van der Waals surface area contributed by atoms with Gasteiger partial charge in [0.05, 0.1) is 11.8 Å². The normalized spacial score (nSPS) is 19.3. The molecule has 1 saturated heterocycles. The van der Waals surface area contributed by atoms with Crippen molar-refractivity contribution in [3.63, 3.8) is 0 Å². The molecular weight excluding hydrogens is 267 g/mol. The van der Waals surface area contributed by atoms with Crippen LogP contribution < -0.4 is 5.73 Å². The molecule has 1 aromatic rings. The molecule has 0 radical (unpaired) electrons. The third-order valence-corrected chi connectivity index (χ3v) is 4.14. The molecule has 0 unspecified atom stereocenters. The largest absolute Gasteiger partial charge is 0.330 e. The van der Waals surface area contributed by atoms with Gasteiger partial charge in [-0.05, 0) is 17.7 Å². The lowest BCUT2D eigenvalue weighted by atomic mass is 10.2. The van der Waals surface area contributed by atoms with E-state index in [0.717, 1.165) is 5.56 Å². The summed E-state index contributed by atoms with van der Waals surface area (Å²) in [6, 6.07) is 5.80. The molecule has 0 spiro atoms. The van der Waals surface area contributed by atoms with Crippen LogP contribution in [0.15, 0.2) is 24.3 Å². The first kappa shape index (κ1) is 14.0. The number of amides is 2. The van der Waals surface area contributed by atoms with E-state index in [-0.39, 0.29) is 35.8 Å². The highest BCUT2D eigenvalue weighted by Gasteiger charge is 2.38. The molecule has 4 nitrogen and oxygen atoms in total. The Bertz CT molecular complexity index is 478. The van der Waals surface area contributed by atoms with Gasteiger partial charge < -0.3 is 5.73 Å². The lowest BCUT2D eigenvalue weighted by Gasteiger charge is -2.14. The number of likely N-dealkylation sites (tertiary alicyclic amines) is 1. The maximum atomic E-state index is 12.8. The summed E-state index contributed by atoms with van der Waals surface area (Å²) in [6.45, 7) is 0.693. The first-order valence-corrected chi connectivity index (χ1v) is 7.07. The number of imide groups is 1. The van der Waals surface area contributed by atoms with Gasteiger partial charge in [-0.1, -0.05) is 12.1 Å². The van der Waals surface area contributed by atoms with Gasteiger partial charge in [-0.3, -0.25) is 14.5 Å². The average molecular weight is 282 g/mol. The van der Waals surface area contributed by atoms with E-state index in [1.807, 2.05) is 0 Å². The van der Waals surface area contributed by atoms with E-state index in [1.165, 1.54) is 28.8 Å². The van der Waals surface area contributed by atoms with Crippen LogP contribution in [0.3, 0.4) is 0 Å². The molecule has 1 atom stereocenters. The lowest BCUT2D eigenvalue weighted by molar-refractivity contribution is -0.138. The van der Waals surface area contributed by atoms with Crippen molar-refractivity contribution in [2.24, 2.45) is 5.73 Å². The molecule has 0 bridgehead atoms. The summed E-state index contributed by atoms with van der Waals surface area (Å²) in [5.41, 5.74) is 6.14. The van der Waals surface area contributed by atoms with E-state index < -0.39 is 0 Å². The van der Waals surface area contributed by atoms with Crippen LogP contribution >= 0.6 is 11.8 Å². The first-order chi connectivity index (χ1) is 9.11. The first-order valence-electron chi connectivity index (χ1n) is 6.02. The Morgan fingerprint density at radius 1 is 1.32 bits per heavy atom. The summed E-state index contributed by atoms with van der Waals surface area (Å²) in [4.78, 5) is 25.1. The van der Waals surface area contributed by atoms with E-state index in [1.54, 1.807) is 12.1 Å². The Balaban J connectivity index is 2.02. The second-order valence-corrected chi connectivity index (χ2v) is 5.61. The van der Waals surface area contributed by atoms with Crippen molar-refractivity contribution in [1.29, 1.82) is 0 Å². The average Bonchev–Trinajstić information content (AvgIpc) is 2.66. The minimum atomic E-state index is -0.334. The number of carbonyl (C=O) groups excluding carboxylic acids is 2. The van der Waals surface area contributed by atoms with Crippen LogP contribution in [0.5, 0.6) is 0 Å². The second-order valence-electron chi connectivity index (χ2n) is 4.30. The smallest absolute Gasteiger partial charge is 0.243 e. The summed E-state index contributed by atoms with van der Waals surface area (Å²) in [7, 11) is 0. The molecule has 102 valence electrons. The van der Waals surface area contributed by atoms with Crippen molar-refractivity contribution in [3.8, 4) is 0 Å². The highest BCUT2D eigenvalue weighted by Crippen LogP contribution is 2.26. The van der Waals surface area contributed by atoms with Crippen molar-refractivity contribution in [3.05, 3.63) is 35.6 Å². The Morgan fingerprint density at radius 2 is 2.00 bits per heavy atom. The van der Waals surface area contributed by atoms with Crippen molar-refractivity contribution in [2.45, 2.75) is 18.2 Å². The van der Waals surface area contributed by atoms with E-state index >= 15 is 0 Å². The molecule has 1 fully saturated rings. The maximum absolute atomic E-state index is 12.8. The molecule has 1 aliphatic heterocycles. The van der Waals surface area contributed by atoms with Gasteiger partial charge in [0.2, 0.25) is 11.8 Å². The van der Waals surface area contributed by atoms with Crippen LogP contribution in [0.4, 0.5) is 4.39 Å². The zero-order chi connectivity index (χ0) is 13.8. The molecule has 2 amide bonds. The second kappa shape index (κ2) is 6.16. The van der Waals surface area contributed by atoms with Gasteiger partial charge in [-0.15, -0.1) is 11.8 Å². The van der Waals surface area contributed by atoms with Crippen LogP contribution in [0.2, 0.25) is 0 Å². The Labute approximate surface area is 115 Å². The molecule has 1 aliphatic rings. The number of carbonyl (C=O) groups is 2. The monoisotopic (exact) mass is 282 g/mol. The van der Waals surface area contributed by atoms with E-state index in [9.17, 15) is 14.0 Å². The van der Waals surface area contributed by atoms with E-state index in [0.29, 0.717) is 12.3 Å². The summed E-state index contributed by atoms with van der Waals surface area (Å²) in [5.74, 6) is -0.0236. The van der Waals surface area contributed by atoms with E-state index in [4.69, 9.17) is 5.73 Å². The molecular formula is C13H15FN2O2S. The predicted octanol–water partition coefficient (Wildman–Crippen LogP) is 1.15. The van der Waals surface area contributed by atoms with Crippen LogP contribution in [-0.2, 0) is 16.1 Å². The van der Waals surface area contributed by atoms with Crippen molar-refractivity contribution < 1.29 is 14.0 Å². The molecule has 0 aliphatic carbocycles. The number of benzene rings is 1. The molecule has 6 heteroatoms. The van der Waals surface area contributed by atoms with Crippen LogP contribution in [0.1, 0.15) is 12.0 Å². The quantitative estimate of drug-likeness (QED) is 0.823. The van der Waals surface area contributed by atoms with Crippen molar-refractivity contribution in [2.75, 3.05) is 12.3 Å². The number of halogens is 1. The molecule has 0 saturated carbocycles. The highest BCUT2D eigenvalue weighted by molar-refractivity contribution is 8.00. The molecule has 1 aromatic carbocycles. The summed E-state index contributed by atoms with van der Waals surface area (Å²) >= 11 is 1.42. The summed E-state index contributed by atoms with van der Waals surface area (Å²) in [6.07, 6.45) is 0.227. The standard InChI is InChI=1S/C13H15FN2O2S/c14-10-3-1-9(2-4-10)8-16-12(17)7-11(13(16)18)19-6-5-15/h1-4,11H,5-8,15H2/t11-/m0/s1. The molecule has 2 N–H and O–H groups in total.